The van der Waals surface area contributed by atoms with Gasteiger partial charge in [0.15, 0.2) is 29.7 Å². The number of nitrogens with one attached hydrogen (secondary N) is 1. The third kappa shape index (κ3) is 5.13. The second kappa shape index (κ2) is 10.9. The molecule has 0 unspecified atom stereocenters. The second-order valence-electron chi connectivity index (χ2n) is 9.11. The highest BCUT2D eigenvalue weighted by Crippen LogP contribution is 2.49. The van der Waals surface area contributed by atoms with Gasteiger partial charge in [-0.1, -0.05) is 23.7 Å². The van der Waals surface area contributed by atoms with Crippen molar-refractivity contribution in [1.82, 2.24) is 0 Å². The normalized spacial score (nSPS) is 17.7. The minimum Gasteiger partial charge on any atom is -0.493 e. The van der Waals surface area contributed by atoms with Gasteiger partial charge in [-0.15, -0.1) is 0 Å². The van der Waals surface area contributed by atoms with Crippen molar-refractivity contribution < 1.29 is 28.6 Å². The number of para-hydroxylation sites is 1. The zero-order valence-electron chi connectivity index (χ0n) is 20.2. The molecular formula is C28H25ClINO6. The molecule has 0 bridgehead atoms. The van der Waals surface area contributed by atoms with E-state index in [0.717, 1.165) is 18.4 Å². The van der Waals surface area contributed by atoms with Crippen molar-refractivity contribution in [3.05, 3.63) is 73.2 Å². The number of allylic oxidation sites excluding steroid dienone is 4. The molecule has 0 aromatic heterocycles. The molecule has 1 aliphatic heterocycles. The fourth-order valence-corrected chi connectivity index (χ4v) is 6.05. The fraction of sp³-hybridized carbons (Fsp3) is 0.321. The molecule has 3 aliphatic rings. The number of carbonyl (C=O) groups is 3. The number of Topliss-reactive ketones (excluding diaryl/α,β-unsaturated/α-hetero) is 2. The number of hydrogen-bond donors (Lipinski definition) is 1. The number of carbonyl (C=O) groups excluding carboxylic acids is 3. The molecule has 0 saturated carbocycles. The Balaban J connectivity index is 1.46. The largest absolute Gasteiger partial charge is 0.493 e. The van der Waals surface area contributed by atoms with E-state index in [2.05, 4.69) is 27.9 Å². The van der Waals surface area contributed by atoms with E-state index in [0.29, 0.717) is 74.1 Å². The van der Waals surface area contributed by atoms with Crippen molar-refractivity contribution >= 4 is 57.4 Å². The molecule has 2 aromatic rings. The molecule has 0 fully saturated rings. The van der Waals surface area contributed by atoms with Gasteiger partial charge in [0, 0.05) is 42.7 Å². The van der Waals surface area contributed by atoms with E-state index in [9.17, 15) is 14.4 Å². The molecule has 192 valence electrons. The minimum atomic E-state index is -0.501. The third-order valence-corrected chi connectivity index (χ3v) is 7.85. The topological polar surface area (TPSA) is 90.9 Å². The smallest absolute Gasteiger partial charge is 0.262 e. The van der Waals surface area contributed by atoms with Crippen LogP contribution in [0.4, 0.5) is 5.69 Å². The standard InChI is InChI=1S/C28H25ClINO6/c1-35-23-13-15(12-17(30)28(23)36-14-24(34)31-18-7-3-2-6-16(18)29)25-26-19(32)8-4-10-21(26)37-22-11-5-9-20(33)27(22)25/h2-3,6-7,12-13,25H,4-5,8-11,14H2,1H3,(H,31,34). The zero-order valence-corrected chi connectivity index (χ0v) is 23.1. The van der Waals surface area contributed by atoms with E-state index in [-0.39, 0.29) is 24.1 Å². The number of amides is 1. The molecule has 1 N–H and O–H groups in total. The average Bonchev–Trinajstić information content (AvgIpc) is 2.88. The predicted octanol–water partition coefficient (Wildman–Crippen LogP) is 6.10. The summed E-state index contributed by atoms with van der Waals surface area (Å²) in [6.45, 7) is -0.254. The monoisotopic (exact) mass is 633 g/mol. The molecule has 2 aliphatic carbocycles. The van der Waals surface area contributed by atoms with Gasteiger partial charge in [-0.05, 0) is 65.3 Å². The summed E-state index contributed by atoms with van der Waals surface area (Å²) >= 11 is 8.25. The summed E-state index contributed by atoms with van der Waals surface area (Å²) in [5, 5.41) is 3.16. The first-order chi connectivity index (χ1) is 17.9. The first-order valence-corrected chi connectivity index (χ1v) is 13.6. The minimum absolute atomic E-state index is 0.0155. The summed E-state index contributed by atoms with van der Waals surface area (Å²) < 4.78 is 18.3. The van der Waals surface area contributed by atoms with Gasteiger partial charge in [-0.2, -0.15) is 0 Å². The number of benzene rings is 2. The van der Waals surface area contributed by atoms with Crippen LogP contribution in [0.2, 0.25) is 5.02 Å². The van der Waals surface area contributed by atoms with Crippen molar-refractivity contribution in [3.8, 4) is 11.5 Å². The lowest BCUT2D eigenvalue weighted by atomic mass is 9.73. The van der Waals surface area contributed by atoms with Gasteiger partial charge in [0.25, 0.3) is 5.91 Å². The molecule has 0 saturated heterocycles. The van der Waals surface area contributed by atoms with Crippen LogP contribution in [-0.4, -0.2) is 31.2 Å². The fourth-order valence-electron chi connectivity index (χ4n) is 5.08. The maximum absolute atomic E-state index is 13.1. The highest BCUT2D eigenvalue weighted by molar-refractivity contribution is 14.1. The summed E-state index contributed by atoms with van der Waals surface area (Å²) in [5.41, 5.74) is 2.41. The van der Waals surface area contributed by atoms with Gasteiger partial charge in [0.2, 0.25) is 0 Å². The summed E-state index contributed by atoms with van der Waals surface area (Å²) in [7, 11) is 1.52. The first kappa shape index (κ1) is 25.8. The van der Waals surface area contributed by atoms with E-state index < -0.39 is 5.92 Å². The first-order valence-electron chi connectivity index (χ1n) is 12.1. The van der Waals surface area contributed by atoms with Crippen LogP contribution in [0, 0.1) is 3.57 Å². The lowest BCUT2D eigenvalue weighted by molar-refractivity contribution is -0.119. The molecule has 0 atom stereocenters. The van der Waals surface area contributed by atoms with E-state index in [1.54, 1.807) is 30.3 Å². The maximum Gasteiger partial charge on any atom is 0.262 e. The van der Waals surface area contributed by atoms with E-state index in [1.807, 2.05) is 6.07 Å². The van der Waals surface area contributed by atoms with E-state index in [4.69, 9.17) is 25.8 Å². The second-order valence-corrected chi connectivity index (χ2v) is 10.7. The van der Waals surface area contributed by atoms with Gasteiger partial charge in [-0.25, -0.2) is 0 Å². The lowest BCUT2D eigenvalue weighted by Gasteiger charge is -2.36. The lowest BCUT2D eigenvalue weighted by Crippen LogP contribution is -2.30. The third-order valence-electron chi connectivity index (χ3n) is 6.72. The average molecular weight is 634 g/mol. The van der Waals surface area contributed by atoms with Crippen LogP contribution in [0.25, 0.3) is 0 Å². The SMILES string of the molecule is COc1cc(C2C3=C(CCCC3=O)OC3=C2C(=O)CCC3)cc(I)c1OCC(=O)Nc1ccccc1Cl. The van der Waals surface area contributed by atoms with Crippen LogP contribution < -0.4 is 14.8 Å². The van der Waals surface area contributed by atoms with Crippen LogP contribution in [0.3, 0.4) is 0 Å². The zero-order chi connectivity index (χ0) is 26.1. The van der Waals surface area contributed by atoms with Gasteiger partial charge in [0.1, 0.15) is 11.5 Å². The Labute approximate surface area is 233 Å². The molecule has 5 rings (SSSR count). The van der Waals surface area contributed by atoms with Crippen molar-refractivity contribution in [1.29, 1.82) is 0 Å². The van der Waals surface area contributed by atoms with Crippen molar-refractivity contribution in [2.24, 2.45) is 0 Å². The number of rotatable bonds is 6. The molecule has 1 heterocycles. The van der Waals surface area contributed by atoms with Crippen LogP contribution in [0.15, 0.2) is 59.1 Å². The van der Waals surface area contributed by atoms with Crippen LogP contribution >= 0.6 is 34.2 Å². The summed E-state index contributed by atoms with van der Waals surface area (Å²) in [6, 6.07) is 10.6. The highest BCUT2D eigenvalue weighted by Gasteiger charge is 2.42. The molecule has 9 heteroatoms. The number of ketones is 2. The van der Waals surface area contributed by atoms with Crippen LogP contribution in [0.1, 0.15) is 50.0 Å². The summed E-state index contributed by atoms with van der Waals surface area (Å²) in [6.07, 6.45) is 3.71. The molecule has 2 aromatic carbocycles. The number of anilines is 1. The number of methoxy groups -OCH3 is 1. The Bertz CT molecular complexity index is 1320. The summed E-state index contributed by atoms with van der Waals surface area (Å²) in [4.78, 5) is 38.6. The van der Waals surface area contributed by atoms with Gasteiger partial charge in [-0.3, -0.25) is 14.4 Å². The van der Waals surface area contributed by atoms with E-state index in [1.165, 1.54) is 7.11 Å². The Morgan fingerprint density at radius 1 is 1.05 bits per heavy atom. The summed E-state index contributed by atoms with van der Waals surface area (Å²) in [5.74, 6) is 1.34. The molecular weight excluding hydrogens is 609 g/mol. The van der Waals surface area contributed by atoms with Gasteiger partial charge < -0.3 is 19.5 Å². The van der Waals surface area contributed by atoms with Crippen molar-refractivity contribution in [2.45, 2.75) is 44.4 Å². The quantitative estimate of drug-likeness (QED) is 0.387. The Morgan fingerprint density at radius 2 is 1.70 bits per heavy atom. The van der Waals surface area contributed by atoms with Crippen molar-refractivity contribution in [2.75, 3.05) is 19.0 Å². The molecule has 7 nitrogen and oxygen atoms in total. The van der Waals surface area contributed by atoms with E-state index >= 15 is 0 Å². The Kier molecular flexibility index (Phi) is 7.57. The maximum atomic E-state index is 13.1. The molecule has 37 heavy (non-hydrogen) atoms. The van der Waals surface area contributed by atoms with Gasteiger partial charge in [0.05, 0.1) is 21.4 Å². The Morgan fingerprint density at radius 3 is 2.32 bits per heavy atom. The van der Waals surface area contributed by atoms with Crippen molar-refractivity contribution in [3.63, 3.8) is 0 Å². The predicted molar refractivity (Wildman–Crippen MR) is 147 cm³/mol. The molecule has 1 amide bonds. The Hall–Kier alpha value is -2.85. The molecule has 0 radical (unpaired) electrons. The van der Waals surface area contributed by atoms with Crippen LogP contribution in [-0.2, 0) is 19.1 Å². The molecule has 0 spiro atoms. The number of hydrogen-bond acceptors (Lipinski definition) is 6. The highest BCUT2D eigenvalue weighted by atomic mass is 127. The van der Waals surface area contributed by atoms with Gasteiger partial charge >= 0.3 is 0 Å². The number of ether oxygens (including phenoxy) is 3. The number of halogens is 2. The van der Waals surface area contributed by atoms with Crippen LogP contribution in [0.5, 0.6) is 11.5 Å².